The van der Waals surface area contributed by atoms with Crippen molar-refractivity contribution in [2.24, 2.45) is 7.05 Å². The van der Waals surface area contributed by atoms with Gasteiger partial charge in [0.25, 0.3) is 0 Å². The first kappa shape index (κ1) is 14.3. The fourth-order valence-electron chi connectivity index (χ4n) is 3.54. The van der Waals surface area contributed by atoms with Gasteiger partial charge in [0.15, 0.2) is 9.84 Å². The number of hydrogen-bond acceptors (Lipinski definition) is 3. The zero-order valence-electron chi connectivity index (χ0n) is 13.0. The third kappa shape index (κ3) is 2.00. The Bertz CT molecular complexity index is 1020. The SMILES string of the molecule is COc1ccc2c(c1)c1c(n2C)C2=C(C=CC=CC2)S(=O)(=O)C1. The summed E-state index contributed by atoms with van der Waals surface area (Å²) in [6, 6.07) is 5.82. The second-order valence-electron chi connectivity index (χ2n) is 5.86. The minimum absolute atomic E-state index is 0.0377. The third-order valence-electron chi connectivity index (χ3n) is 4.58. The molecule has 0 radical (unpaired) electrons. The molecule has 23 heavy (non-hydrogen) atoms. The topological polar surface area (TPSA) is 48.3 Å². The van der Waals surface area contributed by atoms with Gasteiger partial charge < -0.3 is 9.30 Å². The van der Waals surface area contributed by atoms with E-state index >= 15 is 0 Å². The van der Waals surface area contributed by atoms with Crippen LogP contribution in [0.1, 0.15) is 17.7 Å². The highest BCUT2D eigenvalue weighted by Gasteiger charge is 2.33. The van der Waals surface area contributed by atoms with Gasteiger partial charge in [0, 0.05) is 23.5 Å². The lowest BCUT2D eigenvalue weighted by Gasteiger charge is -2.20. The maximum Gasteiger partial charge on any atom is 0.182 e. The van der Waals surface area contributed by atoms with Crippen molar-refractivity contribution < 1.29 is 13.2 Å². The monoisotopic (exact) mass is 327 g/mol. The van der Waals surface area contributed by atoms with Gasteiger partial charge in [-0.3, -0.25) is 0 Å². The molecule has 0 bridgehead atoms. The molecule has 5 heteroatoms. The molecule has 1 aromatic carbocycles. The Hall–Kier alpha value is -2.27. The van der Waals surface area contributed by atoms with Gasteiger partial charge in [-0.05, 0) is 36.3 Å². The van der Waals surface area contributed by atoms with Crippen molar-refractivity contribution >= 4 is 26.3 Å². The molecule has 0 unspecified atom stereocenters. The lowest BCUT2D eigenvalue weighted by atomic mass is 10.0. The molecule has 1 aromatic heterocycles. The summed E-state index contributed by atoms with van der Waals surface area (Å²) in [6.45, 7) is 0. The van der Waals surface area contributed by atoms with Crippen LogP contribution in [0.25, 0.3) is 16.5 Å². The second kappa shape index (κ2) is 4.86. The number of aromatic nitrogens is 1. The molecule has 0 fully saturated rings. The second-order valence-corrected chi connectivity index (χ2v) is 7.82. The van der Waals surface area contributed by atoms with Crippen molar-refractivity contribution in [3.8, 4) is 5.75 Å². The molecule has 2 heterocycles. The molecular formula is C18H17NO3S. The van der Waals surface area contributed by atoms with E-state index in [-0.39, 0.29) is 5.75 Å². The van der Waals surface area contributed by atoms with Gasteiger partial charge in [-0.15, -0.1) is 0 Å². The predicted molar refractivity (Wildman–Crippen MR) is 91.9 cm³/mol. The van der Waals surface area contributed by atoms with Gasteiger partial charge in [-0.2, -0.15) is 0 Å². The largest absolute Gasteiger partial charge is 0.497 e. The zero-order valence-corrected chi connectivity index (χ0v) is 13.9. The molecule has 1 aliphatic heterocycles. The summed E-state index contributed by atoms with van der Waals surface area (Å²) in [7, 11) is 0.295. The maximum atomic E-state index is 12.8. The number of fused-ring (bicyclic) bond motifs is 4. The highest BCUT2D eigenvalue weighted by molar-refractivity contribution is 7.95. The Morgan fingerprint density at radius 2 is 2.04 bits per heavy atom. The summed E-state index contributed by atoms with van der Waals surface area (Å²) in [5.74, 6) is 0.777. The summed E-state index contributed by atoms with van der Waals surface area (Å²) in [6.07, 6.45) is 8.04. The van der Waals surface area contributed by atoms with Crippen molar-refractivity contribution in [1.82, 2.24) is 4.57 Å². The molecule has 0 atom stereocenters. The van der Waals surface area contributed by atoms with Crippen molar-refractivity contribution in [3.63, 3.8) is 0 Å². The number of benzene rings is 1. The van der Waals surface area contributed by atoms with E-state index in [1.165, 1.54) is 0 Å². The van der Waals surface area contributed by atoms with Crippen molar-refractivity contribution in [1.29, 1.82) is 0 Å². The van der Waals surface area contributed by atoms with Gasteiger partial charge in [0.2, 0.25) is 0 Å². The Morgan fingerprint density at radius 3 is 2.83 bits per heavy atom. The van der Waals surface area contributed by atoms with Crippen LogP contribution >= 0.6 is 0 Å². The normalized spacial score (nSPS) is 18.7. The molecule has 2 aromatic rings. The van der Waals surface area contributed by atoms with Crippen LogP contribution < -0.4 is 4.74 Å². The Morgan fingerprint density at radius 1 is 1.22 bits per heavy atom. The summed E-state index contributed by atoms with van der Waals surface area (Å²) >= 11 is 0. The number of ether oxygens (including phenoxy) is 1. The summed E-state index contributed by atoms with van der Waals surface area (Å²) in [4.78, 5) is 0.452. The van der Waals surface area contributed by atoms with E-state index in [1.54, 1.807) is 19.3 Å². The van der Waals surface area contributed by atoms with Crippen LogP contribution in [0.4, 0.5) is 0 Å². The average molecular weight is 327 g/mol. The molecule has 0 N–H and O–H groups in total. The molecule has 118 valence electrons. The number of methoxy groups -OCH3 is 1. The smallest absolute Gasteiger partial charge is 0.182 e. The molecule has 0 saturated heterocycles. The van der Waals surface area contributed by atoms with E-state index in [1.807, 2.05) is 37.4 Å². The fraction of sp³-hybridized carbons (Fsp3) is 0.222. The molecule has 0 amide bonds. The standard InChI is InChI=1S/C18H17NO3S/c1-19-16-9-8-12(22-2)10-14(16)15-11-23(20,21)17-7-5-3-4-6-13(17)18(15)19/h3-5,7-10H,6,11H2,1-2H3. The van der Waals surface area contributed by atoms with Crippen molar-refractivity contribution in [2.75, 3.05) is 7.11 Å². The molecule has 4 rings (SSSR count). The van der Waals surface area contributed by atoms with Gasteiger partial charge >= 0.3 is 0 Å². The predicted octanol–water partition coefficient (Wildman–Crippen LogP) is 3.34. The molecule has 0 spiro atoms. The van der Waals surface area contributed by atoms with E-state index in [4.69, 9.17) is 4.74 Å². The Kier molecular flexibility index (Phi) is 3.03. The van der Waals surface area contributed by atoms with Crippen LogP contribution in [-0.2, 0) is 22.6 Å². The van der Waals surface area contributed by atoms with E-state index in [9.17, 15) is 8.42 Å². The van der Waals surface area contributed by atoms with E-state index < -0.39 is 9.84 Å². The number of rotatable bonds is 1. The minimum atomic E-state index is -3.32. The van der Waals surface area contributed by atoms with Crippen LogP contribution in [-0.4, -0.2) is 20.1 Å². The van der Waals surface area contributed by atoms with Gasteiger partial charge in [-0.25, -0.2) is 8.42 Å². The van der Waals surface area contributed by atoms with Gasteiger partial charge in [-0.1, -0.05) is 18.2 Å². The Labute approximate surface area is 135 Å². The highest BCUT2D eigenvalue weighted by Crippen LogP contribution is 2.42. The molecule has 2 aliphatic rings. The van der Waals surface area contributed by atoms with Gasteiger partial charge in [0.05, 0.1) is 23.5 Å². The molecular weight excluding hydrogens is 310 g/mol. The van der Waals surface area contributed by atoms with Crippen LogP contribution in [0.2, 0.25) is 0 Å². The highest BCUT2D eigenvalue weighted by atomic mass is 32.2. The number of sulfone groups is 1. The number of hydrogen-bond donors (Lipinski definition) is 0. The van der Waals surface area contributed by atoms with Crippen molar-refractivity contribution in [3.05, 3.63) is 58.7 Å². The van der Waals surface area contributed by atoms with Crippen molar-refractivity contribution in [2.45, 2.75) is 12.2 Å². The fourth-order valence-corrected chi connectivity index (χ4v) is 5.21. The van der Waals surface area contributed by atoms with E-state index in [0.29, 0.717) is 11.3 Å². The number of aryl methyl sites for hydroxylation is 1. The maximum absolute atomic E-state index is 12.8. The number of nitrogens with zero attached hydrogens (tertiary/aromatic N) is 1. The summed E-state index contributed by atoms with van der Waals surface area (Å²) in [5, 5.41) is 0.953. The Balaban J connectivity index is 2.12. The lowest BCUT2D eigenvalue weighted by molar-refractivity contribution is 0.415. The summed E-state index contributed by atoms with van der Waals surface area (Å²) in [5.41, 5.74) is 3.81. The molecule has 0 saturated carbocycles. The van der Waals surface area contributed by atoms with Crippen LogP contribution in [0, 0.1) is 0 Å². The van der Waals surface area contributed by atoms with Crippen LogP contribution in [0.15, 0.2) is 47.4 Å². The van der Waals surface area contributed by atoms with Gasteiger partial charge in [0.1, 0.15) is 5.75 Å². The number of allylic oxidation sites excluding steroid dienone is 5. The van der Waals surface area contributed by atoms with Crippen LogP contribution in [0.5, 0.6) is 5.75 Å². The average Bonchev–Trinajstić information content (AvgIpc) is 2.72. The molecule has 4 nitrogen and oxygen atoms in total. The summed E-state index contributed by atoms with van der Waals surface area (Å²) < 4.78 is 32.9. The quantitative estimate of drug-likeness (QED) is 0.807. The molecule has 1 aliphatic carbocycles. The van der Waals surface area contributed by atoms with E-state index in [2.05, 4.69) is 4.57 Å². The van der Waals surface area contributed by atoms with E-state index in [0.717, 1.165) is 33.5 Å². The van der Waals surface area contributed by atoms with Crippen LogP contribution in [0.3, 0.4) is 0 Å². The first-order valence-electron chi connectivity index (χ1n) is 7.47. The minimum Gasteiger partial charge on any atom is -0.497 e. The lowest BCUT2D eigenvalue weighted by Crippen LogP contribution is -2.16. The zero-order chi connectivity index (χ0) is 16.2. The first-order valence-corrected chi connectivity index (χ1v) is 9.13. The third-order valence-corrected chi connectivity index (χ3v) is 6.30. The first-order chi connectivity index (χ1) is 11.0.